The zero-order valence-corrected chi connectivity index (χ0v) is 12.7. The van der Waals surface area contributed by atoms with Crippen molar-refractivity contribution in [3.05, 3.63) is 94.5 Å². The van der Waals surface area contributed by atoms with Gasteiger partial charge in [-0.3, -0.25) is 14.9 Å². The van der Waals surface area contributed by atoms with E-state index in [4.69, 9.17) is 0 Å². The van der Waals surface area contributed by atoms with Crippen molar-refractivity contribution in [2.75, 3.05) is 5.32 Å². The third-order valence-electron chi connectivity index (χ3n) is 3.59. The molecule has 3 aromatic carbocycles. The highest BCUT2D eigenvalue weighted by atomic mass is 16.6. The monoisotopic (exact) mass is 318 g/mol. The fourth-order valence-corrected chi connectivity index (χ4v) is 2.42. The highest BCUT2D eigenvalue weighted by Gasteiger charge is 2.13. The van der Waals surface area contributed by atoms with Crippen LogP contribution in [0.2, 0.25) is 0 Å². The Morgan fingerprint density at radius 1 is 0.833 bits per heavy atom. The summed E-state index contributed by atoms with van der Waals surface area (Å²) in [5, 5.41) is 13.4. The quantitative estimate of drug-likeness (QED) is 0.568. The number of hydrogen-bond donors (Lipinski definition) is 1. The van der Waals surface area contributed by atoms with E-state index >= 15 is 0 Å². The number of non-ortho nitro benzene ring substituents is 1. The highest BCUT2D eigenvalue weighted by Crippen LogP contribution is 2.24. The molecular formula is C19H14N2O3. The van der Waals surface area contributed by atoms with E-state index in [1.165, 1.54) is 24.3 Å². The minimum atomic E-state index is -0.476. The van der Waals surface area contributed by atoms with Crippen LogP contribution in [-0.2, 0) is 0 Å². The van der Waals surface area contributed by atoms with E-state index < -0.39 is 4.92 Å². The van der Waals surface area contributed by atoms with Gasteiger partial charge in [-0.15, -0.1) is 0 Å². The Kier molecular flexibility index (Phi) is 4.34. The third kappa shape index (κ3) is 3.30. The summed E-state index contributed by atoms with van der Waals surface area (Å²) >= 11 is 0. The largest absolute Gasteiger partial charge is 0.322 e. The summed E-state index contributed by atoms with van der Waals surface area (Å²) in [6.07, 6.45) is 0. The van der Waals surface area contributed by atoms with Gasteiger partial charge in [-0.1, -0.05) is 48.5 Å². The molecule has 0 aromatic heterocycles. The van der Waals surface area contributed by atoms with Gasteiger partial charge in [0.1, 0.15) is 0 Å². The molecule has 5 heteroatoms. The van der Waals surface area contributed by atoms with Crippen molar-refractivity contribution in [1.82, 2.24) is 0 Å². The number of nitrogens with one attached hydrogen (secondary N) is 1. The lowest BCUT2D eigenvalue weighted by Gasteiger charge is -2.10. The highest BCUT2D eigenvalue weighted by molar-refractivity contribution is 6.08. The van der Waals surface area contributed by atoms with Crippen LogP contribution >= 0.6 is 0 Å². The second-order valence-corrected chi connectivity index (χ2v) is 5.17. The van der Waals surface area contributed by atoms with Gasteiger partial charge >= 0.3 is 0 Å². The van der Waals surface area contributed by atoms with E-state index in [0.29, 0.717) is 11.3 Å². The van der Waals surface area contributed by atoms with Gasteiger partial charge in [0.2, 0.25) is 0 Å². The Labute approximate surface area is 138 Å². The summed E-state index contributed by atoms with van der Waals surface area (Å²) in [6.45, 7) is 0. The van der Waals surface area contributed by atoms with Crippen molar-refractivity contribution in [2.45, 2.75) is 0 Å². The van der Waals surface area contributed by atoms with Crippen LogP contribution in [0.3, 0.4) is 0 Å². The molecule has 0 unspecified atom stereocenters. The summed E-state index contributed by atoms with van der Waals surface area (Å²) in [5.74, 6) is -0.261. The number of rotatable bonds is 4. The van der Waals surface area contributed by atoms with Gasteiger partial charge in [0.15, 0.2) is 0 Å². The van der Waals surface area contributed by atoms with Gasteiger partial charge in [-0.05, 0) is 29.3 Å². The zero-order chi connectivity index (χ0) is 16.9. The fraction of sp³-hybridized carbons (Fsp3) is 0. The molecule has 24 heavy (non-hydrogen) atoms. The molecule has 3 aromatic rings. The number of nitro benzene ring substituents is 1. The molecule has 0 heterocycles. The standard InChI is InChI=1S/C19H14N2O3/c22-19(20-15-10-12-16(13-11-15)21(23)24)18-9-5-4-8-17(18)14-6-2-1-3-7-14/h1-13H,(H,20,22). The maximum absolute atomic E-state index is 12.6. The Hall–Kier alpha value is -3.47. The molecule has 0 aliphatic heterocycles. The van der Waals surface area contributed by atoms with Crippen molar-refractivity contribution >= 4 is 17.3 Å². The molecule has 5 nitrogen and oxygen atoms in total. The van der Waals surface area contributed by atoms with Gasteiger partial charge in [-0.2, -0.15) is 0 Å². The fourth-order valence-electron chi connectivity index (χ4n) is 2.42. The van der Waals surface area contributed by atoms with Crippen LogP contribution in [0.5, 0.6) is 0 Å². The Morgan fingerprint density at radius 2 is 1.46 bits per heavy atom. The first kappa shape index (κ1) is 15.4. The zero-order valence-electron chi connectivity index (χ0n) is 12.7. The van der Waals surface area contributed by atoms with Gasteiger partial charge in [-0.25, -0.2) is 0 Å². The number of hydrogen-bond acceptors (Lipinski definition) is 3. The average molecular weight is 318 g/mol. The molecule has 0 fully saturated rings. The lowest BCUT2D eigenvalue weighted by atomic mass is 9.99. The van der Waals surface area contributed by atoms with E-state index in [1.807, 2.05) is 42.5 Å². The SMILES string of the molecule is O=C(Nc1ccc([N+](=O)[O-])cc1)c1ccccc1-c1ccccc1. The molecule has 0 saturated heterocycles. The van der Waals surface area contributed by atoms with Gasteiger partial charge in [0, 0.05) is 23.4 Å². The van der Waals surface area contributed by atoms with Gasteiger partial charge in [0.25, 0.3) is 11.6 Å². The molecule has 0 atom stereocenters. The van der Waals surface area contributed by atoms with E-state index in [0.717, 1.165) is 11.1 Å². The summed E-state index contributed by atoms with van der Waals surface area (Å²) < 4.78 is 0. The van der Waals surface area contributed by atoms with Crippen LogP contribution in [0.1, 0.15) is 10.4 Å². The number of nitro groups is 1. The molecule has 0 aliphatic rings. The number of carbonyl (C=O) groups excluding carboxylic acids is 1. The summed E-state index contributed by atoms with van der Waals surface area (Å²) in [5.41, 5.74) is 2.82. The number of carbonyl (C=O) groups is 1. The predicted octanol–water partition coefficient (Wildman–Crippen LogP) is 4.51. The second-order valence-electron chi connectivity index (χ2n) is 5.17. The first-order chi connectivity index (χ1) is 11.6. The number of benzene rings is 3. The minimum absolute atomic E-state index is 0.0160. The van der Waals surface area contributed by atoms with Crippen LogP contribution in [-0.4, -0.2) is 10.8 Å². The number of amides is 1. The van der Waals surface area contributed by atoms with E-state index in [9.17, 15) is 14.9 Å². The predicted molar refractivity (Wildman–Crippen MR) is 92.9 cm³/mol. The van der Waals surface area contributed by atoms with Gasteiger partial charge < -0.3 is 5.32 Å². The molecule has 0 saturated carbocycles. The lowest BCUT2D eigenvalue weighted by molar-refractivity contribution is -0.384. The molecule has 1 N–H and O–H groups in total. The summed E-state index contributed by atoms with van der Waals surface area (Å²) in [7, 11) is 0. The average Bonchev–Trinajstić information content (AvgIpc) is 2.63. The van der Waals surface area contributed by atoms with E-state index in [-0.39, 0.29) is 11.6 Å². The third-order valence-corrected chi connectivity index (χ3v) is 3.59. The maximum Gasteiger partial charge on any atom is 0.269 e. The van der Waals surface area contributed by atoms with Gasteiger partial charge in [0.05, 0.1) is 4.92 Å². The van der Waals surface area contributed by atoms with Crippen LogP contribution in [0, 0.1) is 10.1 Å². The van der Waals surface area contributed by atoms with Crippen LogP contribution in [0.15, 0.2) is 78.9 Å². The van der Waals surface area contributed by atoms with Crippen molar-refractivity contribution < 1.29 is 9.72 Å². The molecule has 118 valence electrons. The summed E-state index contributed by atoms with van der Waals surface area (Å²) in [4.78, 5) is 22.8. The Morgan fingerprint density at radius 3 is 2.12 bits per heavy atom. The molecule has 0 bridgehead atoms. The molecule has 0 aliphatic carbocycles. The van der Waals surface area contributed by atoms with Crippen LogP contribution < -0.4 is 5.32 Å². The maximum atomic E-state index is 12.6. The topological polar surface area (TPSA) is 72.2 Å². The first-order valence-electron chi connectivity index (χ1n) is 7.35. The Bertz CT molecular complexity index is 875. The normalized spacial score (nSPS) is 10.2. The van der Waals surface area contributed by atoms with Crippen molar-refractivity contribution in [3.8, 4) is 11.1 Å². The molecule has 0 radical (unpaired) electrons. The van der Waals surface area contributed by atoms with Crippen LogP contribution in [0.25, 0.3) is 11.1 Å². The van der Waals surface area contributed by atoms with E-state index in [1.54, 1.807) is 12.1 Å². The van der Waals surface area contributed by atoms with Crippen molar-refractivity contribution in [3.63, 3.8) is 0 Å². The molecule has 1 amide bonds. The number of nitrogens with zero attached hydrogens (tertiary/aromatic N) is 1. The first-order valence-corrected chi connectivity index (χ1v) is 7.35. The minimum Gasteiger partial charge on any atom is -0.322 e. The van der Waals surface area contributed by atoms with E-state index in [2.05, 4.69) is 5.32 Å². The smallest absolute Gasteiger partial charge is 0.269 e. The van der Waals surface area contributed by atoms with Crippen molar-refractivity contribution in [2.24, 2.45) is 0 Å². The molecule has 0 spiro atoms. The second kappa shape index (κ2) is 6.75. The summed E-state index contributed by atoms with van der Waals surface area (Å²) in [6, 6.07) is 22.7. The Balaban J connectivity index is 1.87. The molecule has 3 rings (SSSR count). The lowest BCUT2D eigenvalue weighted by Crippen LogP contribution is -2.13. The molecular weight excluding hydrogens is 304 g/mol. The van der Waals surface area contributed by atoms with Crippen LogP contribution in [0.4, 0.5) is 11.4 Å². The number of anilines is 1. The van der Waals surface area contributed by atoms with Crippen molar-refractivity contribution in [1.29, 1.82) is 0 Å².